The highest BCUT2D eigenvalue weighted by atomic mass is 15.1. The van der Waals surface area contributed by atoms with Crippen molar-refractivity contribution in [1.29, 1.82) is 0 Å². The molecule has 3 heteroatoms. The summed E-state index contributed by atoms with van der Waals surface area (Å²) in [5.74, 6) is 0.861. The van der Waals surface area contributed by atoms with E-state index in [1.807, 2.05) is 0 Å². The van der Waals surface area contributed by atoms with Crippen LogP contribution in [0.25, 0.3) is 0 Å². The summed E-state index contributed by atoms with van der Waals surface area (Å²) in [4.78, 5) is 0. The first-order chi connectivity index (χ1) is 7.31. The zero-order valence-electron chi connectivity index (χ0n) is 9.82. The molecule has 1 heterocycles. The van der Waals surface area contributed by atoms with E-state index in [0.29, 0.717) is 0 Å². The van der Waals surface area contributed by atoms with Crippen molar-refractivity contribution in [2.75, 3.05) is 7.05 Å². The molecule has 1 saturated carbocycles. The van der Waals surface area contributed by atoms with Gasteiger partial charge < -0.3 is 5.32 Å². The lowest BCUT2D eigenvalue weighted by Gasteiger charge is -2.08. The molecule has 1 aromatic heterocycles. The van der Waals surface area contributed by atoms with E-state index in [0.717, 1.165) is 18.5 Å². The molecule has 1 N–H and O–H groups in total. The van der Waals surface area contributed by atoms with Gasteiger partial charge in [0.1, 0.15) is 12.4 Å². The molecule has 0 bridgehead atoms. The second-order valence-corrected chi connectivity index (χ2v) is 4.61. The van der Waals surface area contributed by atoms with Gasteiger partial charge in [-0.2, -0.15) is 0 Å². The fourth-order valence-corrected chi connectivity index (χ4v) is 2.53. The summed E-state index contributed by atoms with van der Waals surface area (Å²) in [7, 11) is 2.08. The van der Waals surface area contributed by atoms with Crippen molar-refractivity contribution < 1.29 is 4.57 Å². The van der Waals surface area contributed by atoms with Crippen molar-refractivity contribution in [1.82, 2.24) is 9.88 Å². The zero-order valence-corrected chi connectivity index (χ0v) is 9.82. The molecule has 2 unspecified atom stereocenters. The van der Waals surface area contributed by atoms with Crippen LogP contribution in [0, 0.1) is 5.92 Å². The largest absolute Gasteiger partial charge is 0.317 e. The summed E-state index contributed by atoms with van der Waals surface area (Å²) < 4.78 is 4.55. The second-order valence-electron chi connectivity index (χ2n) is 4.61. The first-order valence-electron chi connectivity index (χ1n) is 6.04. The first kappa shape index (κ1) is 10.7. The van der Waals surface area contributed by atoms with Crippen LogP contribution in [-0.4, -0.2) is 17.7 Å². The van der Waals surface area contributed by atoms with E-state index in [9.17, 15) is 0 Å². The van der Waals surface area contributed by atoms with Gasteiger partial charge in [-0.15, -0.1) is 0 Å². The highest BCUT2D eigenvalue weighted by Gasteiger charge is 2.25. The Hall–Kier alpha value is -0.830. The molecule has 0 amide bonds. The van der Waals surface area contributed by atoms with Gasteiger partial charge in [0, 0.05) is 6.04 Å². The third kappa shape index (κ3) is 2.59. The highest BCUT2D eigenvalue weighted by Crippen LogP contribution is 2.25. The number of nitrogens with zero attached hydrogens (tertiary/aromatic N) is 2. The fraction of sp³-hybridized carbons (Fsp3) is 0.750. The lowest BCUT2D eigenvalue weighted by Crippen LogP contribution is -2.35. The third-order valence-corrected chi connectivity index (χ3v) is 3.53. The molecule has 84 valence electrons. The van der Waals surface area contributed by atoms with E-state index in [2.05, 4.69) is 47.1 Å². The van der Waals surface area contributed by atoms with Crippen molar-refractivity contribution in [2.24, 2.45) is 5.92 Å². The molecule has 0 saturated heterocycles. The van der Waals surface area contributed by atoms with Gasteiger partial charge in [-0.1, -0.05) is 0 Å². The quantitative estimate of drug-likeness (QED) is 0.737. The molecule has 3 nitrogen and oxygen atoms in total. The molecular formula is C12H22N3+. The number of imidazole rings is 1. The molecule has 2 rings (SSSR count). The second kappa shape index (κ2) is 4.79. The molecule has 0 aliphatic heterocycles. The Morgan fingerprint density at radius 2 is 2.33 bits per heavy atom. The number of aryl methyl sites for hydroxylation is 1. The average molecular weight is 208 g/mol. The molecule has 1 aliphatic carbocycles. The van der Waals surface area contributed by atoms with Gasteiger partial charge in [-0.3, -0.25) is 0 Å². The molecule has 1 aliphatic rings. The normalized spacial score (nSPS) is 26.0. The maximum Gasteiger partial charge on any atom is 0.243 e. The SMILES string of the molecule is CCn1cc[n+](CC2CCC(NC)C2)c1. The average Bonchev–Trinajstić information content (AvgIpc) is 2.87. The van der Waals surface area contributed by atoms with Crippen molar-refractivity contribution >= 4 is 0 Å². The lowest BCUT2D eigenvalue weighted by atomic mass is 10.1. The van der Waals surface area contributed by atoms with Crippen molar-refractivity contribution in [3.63, 3.8) is 0 Å². The topological polar surface area (TPSA) is 20.8 Å². The summed E-state index contributed by atoms with van der Waals surface area (Å²) in [6, 6.07) is 0.754. The molecule has 1 aromatic rings. The Morgan fingerprint density at radius 1 is 1.47 bits per heavy atom. The summed E-state index contributed by atoms with van der Waals surface area (Å²) in [6.45, 7) is 4.43. The predicted molar refractivity (Wildman–Crippen MR) is 60.5 cm³/mol. The minimum absolute atomic E-state index is 0.754. The van der Waals surface area contributed by atoms with Crippen LogP contribution >= 0.6 is 0 Å². The Kier molecular flexibility index (Phi) is 3.41. The molecular weight excluding hydrogens is 186 g/mol. The number of aromatic nitrogens is 2. The molecule has 0 aromatic carbocycles. The van der Waals surface area contributed by atoms with Gasteiger partial charge in [-0.05, 0) is 39.2 Å². The standard InChI is InChI=1S/C12H22N3/c1-3-14-6-7-15(10-14)9-11-4-5-12(8-11)13-2/h6-7,10-13H,3-5,8-9H2,1-2H3/q+1. The van der Waals surface area contributed by atoms with Crippen LogP contribution in [0.2, 0.25) is 0 Å². The van der Waals surface area contributed by atoms with Gasteiger partial charge in [0.05, 0.1) is 13.1 Å². The molecule has 0 radical (unpaired) electrons. The first-order valence-corrected chi connectivity index (χ1v) is 6.04. The maximum absolute atomic E-state index is 3.38. The Labute approximate surface area is 92.1 Å². The summed E-state index contributed by atoms with van der Waals surface area (Å²) >= 11 is 0. The Morgan fingerprint density at radius 3 is 2.93 bits per heavy atom. The van der Waals surface area contributed by atoms with E-state index < -0.39 is 0 Å². The zero-order chi connectivity index (χ0) is 10.7. The smallest absolute Gasteiger partial charge is 0.243 e. The van der Waals surface area contributed by atoms with E-state index in [1.54, 1.807) is 0 Å². The van der Waals surface area contributed by atoms with Gasteiger partial charge in [0.25, 0.3) is 0 Å². The van der Waals surface area contributed by atoms with Crippen LogP contribution < -0.4 is 9.88 Å². The molecule has 2 atom stereocenters. The van der Waals surface area contributed by atoms with Crippen LogP contribution in [-0.2, 0) is 13.1 Å². The number of hydrogen-bond donors (Lipinski definition) is 1. The van der Waals surface area contributed by atoms with Crippen molar-refractivity contribution in [2.45, 2.75) is 45.3 Å². The monoisotopic (exact) mass is 208 g/mol. The Bertz CT molecular complexity index is 306. The van der Waals surface area contributed by atoms with E-state index >= 15 is 0 Å². The summed E-state index contributed by atoms with van der Waals surface area (Å²) in [5.41, 5.74) is 0. The lowest BCUT2D eigenvalue weighted by molar-refractivity contribution is -0.702. The third-order valence-electron chi connectivity index (χ3n) is 3.53. The summed E-state index contributed by atoms with van der Waals surface area (Å²) in [5, 5.41) is 3.38. The number of rotatable bonds is 4. The summed E-state index contributed by atoms with van der Waals surface area (Å²) in [6.07, 6.45) is 10.6. The van der Waals surface area contributed by atoms with E-state index in [1.165, 1.54) is 25.8 Å². The van der Waals surface area contributed by atoms with Crippen LogP contribution in [0.15, 0.2) is 18.7 Å². The van der Waals surface area contributed by atoms with Crippen LogP contribution in [0.1, 0.15) is 26.2 Å². The minimum Gasteiger partial charge on any atom is -0.317 e. The van der Waals surface area contributed by atoms with Crippen LogP contribution in [0.5, 0.6) is 0 Å². The van der Waals surface area contributed by atoms with Gasteiger partial charge in [0.2, 0.25) is 6.33 Å². The minimum atomic E-state index is 0.754. The highest BCUT2D eigenvalue weighted by molar-refractivity contribution is 4.77. The maximum atomic E-state index is 3.38. The van der Waals surface area contributed by atoms with Gasteiger partial charge in [-0.25, -0.2) is 9.13 Å². The van der Waals surface area contributed by atoms with Gasteiger partial charge in [0.15, 0.2) is 0 Å². The van der Waals surface area contributed by atoms with E-state index in [-0.39, 0.29) is 0 Å². The Balaban J connectivity index is 1.87. The fourth-order valence-electron chi connectivity index (χ4n) is 2.53. The number of nitrogens with one attached hydrogen (secondary N) is 1. The van der Waals surface area contributed by atoms with Gasteiger partial charge >= 0.3 is 0 Å². The molecule has 15 heavy (non-hydrogen) atoms. The van der Waals surface area contributed by atoms with Crippen LogP contribution in [0.4, 0.5) is 0 Å². The van der Waals surface area contributed by atoms with E-state index in [4.69, 9.17) is 0 Å². The molecule has 0 spiro atoms. The van der Waals surface area contributed by atoms with Crippen molar-refractivity contribution in [3.8, 4) is 0 Å². The van der Waals surface area contributed by atoms with Crippen molar-refractivity contribution in [3.05, 3.63) is 18.7 Å². The van der Waals surface area contributed by atoms with Crippen LogP contribution in [0.3, 0.4) is 0 Å². The molecule has 1 fully saturated rings. The number of hydrogen-bond acceptors (Lipinski definition) is 1. The predicted octanol–water partition coefficient (Wildman–Crippen LogP) is 1.18.